The molecule has 6 N–H and O–H groups in total. The van der Waals surface area contributed by atoms with Gasteiger partial charge in [-0.1, -0.05) is 6.08 Å². The summed E-state index contributed by atoms with van der Waals surface area (Å²) in [4.78, 5) is 0. The quantitative estimate of drug-likeness (QED) is 0.450. The van der Waals surface area contributed by atoms with Crippen molar-refractivity contribution in [3.05, 3.63) is 36.4 Å². The molecule has 0 aliphatic carbocycles. The molecule has 0 saturated heterocycles. The number of rotatable bonds is 2. The maximum Gasteiger partial charge on any atom is 0.0499 e. The summed E-state index contributed by atoms with van der Waals surface area (Å²) in [6, 6.07) is 5.01. The highest BCUT2D eigenvalue weighted by Crippen LogP contribution is 2.21. The number of nitrogens with two attached hydrogens (primary N) is 3. The van der Waals surface area contributed by atoms with E-state index >= 15 is 0 Å². The number of hydrogen-bond acceptors (Lipinski definition) is 3. The summed E-state index contributed by atoms with van der Waals surface area (Å²) in [5.74, 6) is 0. The Morgan fingerprint density at radius 3 is 2.58 bits per heavy atom. The van der Waals surface area contributed by atoms with E-state index < -0.39 is 0 Å². The molecule has 0 spiro atoms. The van der Waals surface area contributed by atoms with Gasteiger partial charge >= 0.3 is 0 Å². The second-order valence-corrected chi connectivity index (χ2v) is 2.65. The Morgan fingerprint density at radius 1 is 1.33 bits per heavy atom. The van der Waals surface area contributed by atoms with Crippen LogP contribution in [0.5, 0.6) is 0 Å². The minimum atomic E-state index is -0.242. The van der Waals surface area contributed by atoms with Crippen molar-refractivity contribution in [2.75, 3.05) is 11.5 Å². The van der Waals surface area contributed by atoms with Crippen molar-refractivity contribution in [2.45, 2.75) is 6.04 Å². The average Bonchev–Trinajstić information content (AvgIpc) is 2.08. The zero-order valence-corrected chi connectivity index (χ0v) is 6.83. The molecule has 1 atom stereocenters. The molecule has 0 heterocycles. The van der Waals surface area contributed by atoms with E-state index in [1.807, 2.05) is 0 Å². The molecule has 12 heavy (non-hydrogen) atoms. The Morgan fingerprint density at radius 2 is 2.00 bits per heavy atom. The van der Waals surface area contributed by atoms with Gasteiger partial charge < -0.3 is 17.2 Å². The molecule has 0 aromatic heterocycles. The van der Waals surface area contributed by atoms with Gasteiger partial charge in [0.05, 0.1) is 0 Å². The highest BCUT2D eigenvalue weighted by molar-refractivity contribution is 5.57. The zero-order chi connectivity index (χ0) is 9.14. The molecule has 3 nitrogen and oxygen atoms in total. The van der Waals surface area contributed by atoms with E-state index in [0.717, 1.165) is 5.56 Å². The second kappa shape index (κ2) is 3.28. The maximum atomic E-state index is 5.71. The lowest BCUT2D eigenvalue weighted by atomic mass is 10.1. The smallest absolute Gasteiger partial charge is 0.0499 e. The third-order valence-corrected chi connectivity index (χ3v) is 1.72. The highest BCUT2D eigenvalue weighted by Gasteiger charge is 2.05. The van der Waals surface area contributed by atoms with Crippen LogP contribution in [0.1, 0.15) is 11.6 Å². The lowest BCUT2D eigenvalue weighted by Gasteiger charge is -2.10. The summed E-state index contributed by atoms with van der Waals surface area (Å²) in [6.45, 7) is 3.59. The molecular weight excluding hydrogens is 150 g/mol. The van der Waals surface area contributed by atoms with Crippen molar-refractivity contribution in [2.24, 2.45) is 5.73 Å². The minimum absolute atomic E-state index is 0.242. The largest absolute Gasteiger partial charge is 0.399 e. The number of anilines is 2. The summed E-state index contributed by atoms with van der Waals surface area (Å²) in [7, 11) is 0. The topological polar surface area (TPSA) is 78.1 Å². The van der Waals surface area contributed by atoms with E-state index in [0.29, 0.717) is 11.4 Å². The first kappa shape index (κ1) is 8.62. The predicted octanol–water partition coefficient (Wildman–Crippen LogP) is 1.04. The number of hydrogen-bond donors (Lipinski definition) is 3. The van der Waals surface area contributed by atoms with Crippen LogP contribution in [0.4, 0.5) is 11.4 Å². The molecule has 3 heteroatoms. The van der Waals surface area contributed by atoms with Gasteiger partial charge in [0.15, 0.2) is 0 Å². The molecule has 0 unspecified atom stereocenters. The van der Waals surface area contributed by atoms with E-state index in [1.54, 1.807) is 24.3 Å². The van der Waals surface area contributed by atoms with Crippen molar-refractivity contribution in [3.8, 4) is 0 Å². The van der Waals surface area contributed by atoms with E-state index in [4.69, 9.17) is 17.2 Å². The second-order valence-electron chi connectivity index (χ2n) is 2.65. The van der Waals surface area contributed by atoms with E-state index in [1.165, 1.54) is 0 Å². The Hall–Kier alpha value is -1.48. The summed E-state index contributed by atoms with van der Waals surface area (Å²) in [5, 5.41) is 0. The lowest BCUT2D eigenvalue weighted by Crippen LogP contribution is -2.09. The van der Waals surface area contributed by atoms with Crippen molar-refractivity contribution in [3.63, 3.8) is 0 Å². The summed E-state index contributed by atoms with van der Waals surface area (Å²) in [6.07, 6.45) is 1.63. The van der Waals surface area contributed by atoms with Gasteiger partial charge in [-0.05, 0) is 23.8 Å². The molecule has 0 fully saturated rings. The van der Waals surface area contributed by atoms with Crippen LogP contribution in [0.15, 0.2) is 30.9 Å². The summed E-state index contributed by atoms with van der Waals surface area (Å²) >= 11 is 0. The first-order valence-corrected chi connectivity index (χ1v) is 3.68. The van der Waals surface area contributed by atoms with Crippen LogP contribution in [0.3, 0.4) is 0 Å². The van der Waals surface area contributed by atoms with Crippen LogP contribution < -0.4 is 17.2 Å². The van der Waals surface area contributed by atoms with Gasteiger partial charge in [-0.2, -0.15) is 0 Å². The summed E-state index contributed by atoms with van der Waals surface area (Å²) in [5.41, 5.74) is 19.1. The fraction of sp³-hybridized carbons (Fsp3) is 0.111. The van der Waals surface area contributed by atoms with Gasteiger partial charge in [-0.3, -0.25) is 0 Å². The SMILES string of the molecule is C=C[C@@H](N)c1cc(N)ccc1N. The zero-order valence-electron chi connectivity index (χ0n) is 6.83. The Bertz CT molecular complexity index is 294. The third-order valence-electron chi connectivity index (χ3n) is 1.72. The molecule has 0 bridgehead atoms. The first-order chi connectivity index (χ1) is 5.65. The standard InChI is InChI=1S/C9H13N3/c1-2-8(11)7-5-6(10)3-4-9(7)12/h2-5,8H,1,10-12H2/t8-/m1/s1. The van der Waals surface area contributed by atoms with Crippen molar-refractivity contribution in [1.29, 1.82) is 0 Å². The van der Waals surface area contributed by atoms with E-state index in [9.17, 15) is 0 Å². The highest BCUT2D eigenvalue weighted by atomic mass is 14.7. The first-order valence-electron chi connectivity index (χ1n) is 3.68. The molecule has 0 amide bonds. The fourth-order valence-electron chi connectivity index (χ4n) is 1.01. The molecule has 0 saturated carbocycles. The van der Waals surface area contributed by atoms with Gasteiger partial charge in [0, 0.05) is 17.4 Å². The normalized spacial score (nSPS) is 12.4. The minimum Gasteiger partial charge on any atom is -0.399 e. The Balaban J connectivity index is 3.12. The Kier molecular flexibility index (Phi) is 2.35. The van der Waals surface area contributed by atoms with Crippen molar-refractivity contribution in [1.82, 2.24) is 0 Å². The van der Waals surface area contributed by atoms with Crippen LogP contribution in [0.2, 0.25) is 0 Å². The van der Waals surface area contributed by atoms with E-state index in [2.05, 4.69) is 6.58 Å². The van der Waals surface area contributed by atoms with Crippen LogP contribution in [0, 0.1) is 0 Å². The molecule has 64 valence electrons. The van der Waals surface area contributed by atoms with Crippen molar-refractivity contribution < 1.29 is 0 Å². The lowest BCUT2D eigenvalue weighted by molar-refractivity contribution is 0.918. The van der Waals surface area contributed by atoms with Crippen LogP contribution in [-0.4, -0.2) is 0 Å². The Labute approximate surface area is 71.9 Å². The third kappa shape index (κ3) is 1.57. The van der Waals surface area contributed by atoms with Gasteiger partial charge in [0.25, 0.3) is 0 Å². The van der Waals surface area contributed by atoms with Crippen molar-refractivity contribution >= 4 is 11.4 Å². The van der Waals surface area contributed by atoms with Gasteiger partial charge in [-0.15, -0.1) is 6.58 Å². The fourth-order valence-corrected chi connectivity index (χ4v) is 1.01. The number of benzene rings is 1. The maximum absolute atomic E-state index is 5.71. The molecule has 0 aliphatic heterocycles. The molecule has 1 aromatic carbocycles. The van der Waals surface area contributed by atoms with Gasteiger partial charge in [0.1, 0.15) is 0 Å². The molecule has 0 radical (unpaired) electrons. The van der Waals surface area contributed by atoms with Gasteiger partial charge in [0.2, 0.25) is 0 Å². The van der Waals surface area contributed by atoms with Crippen LogP contribution in [0.25, 0.3) is 0 Å². The molecule has 0 aliphatic rings. The van der Waals surface area contributed by atoms with Crippen LogP contribution >= 0.6 is 0 Å². The van der Waals surface area contributed by atoms with Gasteiger partial charge in [-0.25, -0.2) is 0 Å². The van der Waals surface area contributed by atoms with E-state index in [-0.39, 0.29) is 6.04 Å². The van der Waals surface area contributed by atoms with Crippen LogP contribution in [-0.2, 0) is 0 Å². The average molecular weight is 163 g/mol. The molecular formula is C9H13N3. The molecule has 1 rings (SSSR count). The number of nitrogen functional groups attached to an aromatic ring is 2. The monoisotopic (exact) mass is 163 g/mol. The summed E-state index contributed by atoms with van der Waals surface area (Å²) < 4.78 is 0. The molecule has 1 aromatic rings. The predicted molar refractivity (Wildman–Crippen MR) is 52.4 cm³/mol.